The summed E-state index contributed by atoms with van der Waals surface area (Å²) in [4.78, 5) is -0.485. The van der Waals surface area contributed by atoms with Gasteiger partial charge in [0.2, 0.25) is 10.0 Å². The second-order valence-electron chi connectivity index (χ2n) is 5.74. The summed E-state index contributed by atoms with van der Waals surface area (Å²) in [5, 5.41) is 6.88. The molecule has 3 rings (SSSR count). The maximum Gasteiger partial charge on any atom is 0.246 e. The summed E-state index contributed by atoms with van der Waals surface area (Å²) in [6, 6.07) is 2.52. The Morgan fingerprint density at radius 2 is 2.13 bits per heavy atom. The average Bonchev–Trinajstić information content (AvgIpc) is 2.93. The summed E-state index contributed by atoms with van der Waals surface area (Å²) in [5.41, 5.74) is 1.88. The molecule has 0 aliphatic carbocycles. The number of aromatic amines is 1. The van der Waals surface area contributed by atoms with E-state index in [1.807, 2.05) is 6.92 Å². The van der Waals surface area contributed by atoms with Gasteiger partial charge in [0.25, 0.3) is 0 Å². The highest BCUT2D eigenvalue weighted by molar-refractivity contribution is 7.89. The first-order valence-electron chi connectivity index (χ1n) is 7.34. The molecule has 0 bridgehead atoms. The van der Waals surface area contributed by atoms with E-state index in [4.69, 9.17) is 0 Å². The standard InChI is InChI=1S/C15H17F2N3O2S/c1-10-8-18-19-15(10)11-3-2-6-20(9-11)23(21,22)14-5-4-12(16)7-13(14)17/h4-5,7-8,11H,2-3,6,9H2,1H3,(H,18,19)/t11-/m1/s1. The second-order valence-corrected chi connectivity index (χ2v) is 7.65. The molecule has 5 nitrogen and oxygen atoms in total. The lowest BCUT2D eigenvalue weighted by atomic mass is 9.94. The predicted molar refractivity (Wildman–Crippen MR) is 80.4 cm³/mol. The molecule has 1 aliphatic heterocycles. The molecule has 1 fully saturated rings. The molecule has 0 spiro atoms. The molecule has 1 aromatic carbocycles. The van der Waals surface area contributed by atoms with Gasteiger partial charge in [-0.15, -0.1) is 0 Å². The van der Waals surface area contributed by atoms with Crippen molar-refractivity contribution in [1.29, 1.82) is 0 Å². The third kappa shape index (κ3) is 3.00. The monoisotopic (exact) mass is 341 g/mol. The fourth-order valence-corrected chi connectivity index (χ4v) is 4.56. The smallest absolute Gasteiger partial charge is 0.246 e. The Hall–Kier alpha value is -1.80. The lowest BCUT2D eigenvalue weighted by Gasteiger charge is -2.31. The number of H-pyrrole nitrogens is 1. The van der Waals surface area contributed by atoms with E-state index in [-0.39, 0.29) is 12.5 Å². The highest BCUT2D eigenvalue weighted by Gasteiger charge is 2.33. The van der Waals surface area contributed by atoms with Crippen molar-refractivity contribution in [2.75, 3.05) is 13.1 Å². The van der Waals surface area contributed by atoms with E-state index in [9.17, 15) is 17.2 Å². The van der Waals surface area contributed by atoms with Crippen LogP contribution >= 0.6 is 0 Å². The van der Waals surface area contributed by atoms with E-state index >= 15 is 0 Å². The molecule has 1 N–H and O–H groups in total. The van der Waals surface area contributed by atoms with Crippen LogP contribution in [0.2, 0.25) is 0 Å². The van der Waals surface area contributed by atoms with Crippen LogP contribution in [0.15, 0.2) is 29.3 Å². The van der Waals surface area contributed by atoms with Crippen molar-refractivity contribution in [3.63, 3.8) is 0 Å². The largest absolute Gasteiger partial charge is 0.282 e. The van der Waals surface area contributed by atoms with Gasteiger partial charge in [-0.2, -0.15) is 9.40 Å². The molecule has 0 radical (unpaired) electrons. The van der Waals surface area contributed by atoms with Crippen molar-refractivity contribution < 1.29 is 17.2 Å². The van der Waals surface area contributed by atoms with E-state index < -0.39 is 26.6 Å². The molecule has 0 saturated carbocycles. The summed E-state index contributed by atoms with van der Waals surface area (Å²) in [7, 11) is -3.99. The molecule has 2 aromatic rings. The molecule has 1 aliphatic rings. The lowest BCUT2D eigenvalue weighted by molar-refractivity contribution is 0.311. The maximum atomic E-state index is 13.9. The zero-order valence-electron chi connectivity index (χ0n) is 12.6. The van der Waals surface area contributed by atoms with E-state index in [0.717, 1.165) is 29.8 Å². The number of nitrogens with zero attached hydrogens (tertiary/aromatic N) is 2. The highest BCUT2D eigenvalue weighted by Crippen LogP contribution is 2.31. The van der Waals surface area contributed by atoms with Gasteiger partial charge in [0.1, 0.15) is 16.5 Å². The van der Waals surface area contributed by atoms with Crippen molar-refractivity contribution in [1.82, 2.24) is 14.5 Å². The van der Waals surface area contributed by atoms with Crippen LogP contribution in [-0.2, 0) is 10.0 Å². The molecular weight excluding hydrogens is 324 g/mol. The Morgan fingerprint density at radius 1 is 1.35 bits per heavy atom. The van der Waals surface area contributed by atoms with Crippen molar-refractivity contribution in [3.8, 4) is 0 Å². The first kappa shape index (κ1) is 16.1. The number of nitrogens with one attached hydrogen (secondary N) is 1. The van der Waals surface area contributed by atoms with Gasteiger partial charge in [-0.25, -0.2) is 17.2 Å². The van der Waals surface area contributed by atoms with Gasteiger partial charge >= 0.3 is 0 Å². The number of hydrogen-bond donors (Lipinski definition) is 1. The van der Waals surface area contributed by atoms with E-state index in [1.165, 1.54) is 4.31 Å². The topological polar surface area (TPSA) is 66.1 Å². The van der Waals surface area contributed by atoms with E-state index in [0.29, 0.717) is 19.0 Å². The van der Waals surface area contributed by atoms with Crippen LogP contribution in [-0.4, -0.2) is 36.0 Å². The van der Waals surface area contributed by atoms with Crippen molar-refractivity contribution in [2.24, 2.45) is 0 Å². The Balaban J connectivity index is 1.89. The number of halogens is 2. The number of aryl methyl sites for hydroxylation is 1. The maximum absolute atomic E-state index is 13.9. The number of benzene rings is 1. The Bertz CT molecular complexity index is 820. The molecule has 1 atom stereocenters. The second kappa shape index (κ2) is 6.01. The van der Waals surface area contributed by atoms with Crippen LogP contribution in [0.3, 0.4) is 0 Å². The summed E-state index contributed by atoms with van der Waals surface area (Å²) in [6.45, 7) is 2.48. The van der Waals surface area contributed by atoms with Gasteiger partial charge in [0.15, 0.2) is 0 Å². The number of hydrogen-bond acceptors (Lipinski definition) is 3. The zero-order valence-corrected chi connectivity index (χ0v) is 13.4. The molecule has 23 heavy (non-hydrogen) atoms. The normalized spacial score (nSPS) is 19.9. The van der Waals surface area contributed by atoms with Crippen molar-refractivity contribution in [3.05, 3.63) is 47.3 Å². The first-order valence-corrected chi connectivity index (χ1v) is 8.78. The SMILES string of the molecule is Cc1cn[nH]c1[C@@H]1CCCN(S(=O)(=O)c2ccc(F)cc2F)C1. The minimum Gasteiger partial charge on any atom is -0.282 e. The van der Waals surface area contributed by atoms with Crippen molar-refractivity contribution in [2.45, 2.75) is 30.6 Å². The van der Waals surface area contributed by atoms with Crippen LogP contribution in [0.1, 0.15) is 30.0 Å². The number of piperidine rings is 1. The number of rotatable bonds is 3. The molecule has 0 amide bonds. The van der Waals surface area contributed by atoms with Crippen LogP contribution in [0, 0.1) is 18.6 Å². The van der Waals surface area contributed by atoms with E-state index in [2.05, 4.69) is 10.2 Å². The molecule has 124 valence electrons. The Labute approximate surface area is 133 Å². The third-order valence-electron chi connectivity index (χ3n) is 4.17. The lowest BCUT2D eigenvalue weighted by Crippen LogP contribution is -2.39. The van der Waals surface area contributed by atoms with Crippen LogP contribution < -0.4 is 0 Å². The fraction of sp³-hybridized carbons (Fsp3) is 0.400. The average molecular weight is 341 g/mol. The summed E-state index contributed by atoms with van der Waals surface area (Å²) >= 11 is 0. The van der Waals surface area contributed by atoms with Crippen LogP contribution in [0.5, 0.6) is 0 Å². The van der Waals surface area contributed by atoms with Gasteiger partial charge in [-0.1, -0.05) is 0 Å². The van der Waals surface area contributed by atoms with Gasteiger partial charge in [0, 0.05) is 30.8 Å². The molecule has 1 saturated heterocycles. The predicted octanol–water partition coefficient (Wildman–Crippen LogP) is 2.56. The summed E-state index contributed by atoms with van der Waals surface area (Å²) in [5.74, 6) is -1.87. The quantitative estimate of drug-likeness (QED) is 0.933. The van der Waals surface area contributed by atoms with Crippen molar-refractivity contribution >= 4 is 10.0 Å². The van der Waals surface area contributed by atoms with Gasteiger partial charge in [-0.3, -0.25) is 5.10 Å². The molecule has 1 aromatic heterocycles. The van der Waals surface area contributed by atoms with Crippen LogP contribution in [0.4, 0.5) is 8.78 Å². The van der Waals surface area contributed by atoms with Gasteiger partial charge in [-0.05, 0) is 37.5 Å². The minimum absolute atomic E-state index is 0.00969. The summed E-state index contributed by atoms with van der Waals surface area (Å²) < 4.78 is 53.5. The third-order valence-corrected chi connectivity index (χ3v) is 6.07. The molecule has 2 heterocycles. The highest BCUT2D eigenvalue weighted by atomic mass is 32.2. The molecule has 0 unspecified atom stereocenters. The zero-order chi connectivity index (χ0) is 16.6. The fourth-order valence-electron chi connectivity index (χ4n) is 2.99. The number of sulfonamides is 1. The summed E-state index contributed by atoms with van der Waals surface area (Å²) in [6.07, 6.45) is 3.20. The Kier molecular flexibility index (Phi) is 4.20. The van der Waals surface area contributed by atoms with Gasteiger partial charge < -0.3 is 0 Å². The van der Waals surface area contributed by atoms with Crippen LogP contribution in [0.25, 0.3) is 0 Å². The molecular formula is C15H17F2N3O2S. The minimum atomic E-state index is -3.99. The first-order chi connectivity index (χ1) is 10.9. The number of aromatic nitrogens is 2. The Morgan fingerprint density at radius 3 is 2.78 bits per heavy atom. The van der Waals surface area contributed by atoms with E-state index in [1.54, 1.807) is 6.20 Å². The van der Waals surface area contributed by atoms with Gasteiger partial charge in [0.05, 0.1) is 6.20 Å². The molecule has 8 heteroatoms.